The van der Waals surface area contributed by atoms with E-state index in [1.807, 2.05) is 29.2 Å². The fourth-order valence-corrected chi connectivity index (χ4v) is 2.94. The molecule has 1 heterocycles. The van der Waals surface area contributed by atoms with Crippen LogP contribution >= 0.6 is 11.6 Å². The summed E-state index contributed by atoms with van der Waals surface area (Å²) in [6, 6.07) is 7.63. The molecule has 3 nitrogen and oxygen atoms in total. The van der Waals surface area contributed by atoms with Gasteiger partial charge in [0, 0.05) is 24.0 Å². The maximum atomic E-state index is 12.6. The minimum atomic E-state index is 0.0838. The number of carbonyl (C=O) groups excluding carboxylic acids is 1. The molecule has 0 bridgehead atoms. The number of amides is 1. The van der Waals surface area contributed by atoms with Gasteiger partial charge >= 0.3 is 0 Å². The number of piperidine rings is 1. The van der Waals surface area contributed by atoms with Gasteiger partial charge in [-0.15, -0.1) is 11.6 Å². The van der Waals surface area contributed by atoms with Gasteiger partial charge < -0.3 is 9.64 Å². The Morgan fingerprint density at radius 2 is 2.10 bits per heavy atom. The molecular weight excluding hydrogens is 286 g/mol. The highest BCUT2D eigenvalue weighted by atomic mass is 35.5. The van der Waals surface area contributed by atoms with Crippen LogP contribution in [0.5, 0.6) is 5.75 Å². The van der Waals surface area contributed by atoms with Gasteiger partial charge in [-0.25, -0.2) is 0 Å². The first-order chi connectivity index (χ1) is 10.3. The van der Waals surface area contributed by atoms with Gasteiger partial charge in [0.1, 0.15) is 5.75 Å². The third kappa shape index (κ3) is 4.37. The van der Waals surface area contributed by atoms with Gasteiger partial charge in [0.15, 0.2) is 0 Å². The highest BCUT2D eigenvalue weighted by molar-refractivity contribution is 6.18. The van der Waals surface area contributed by atoms with Crippen LogP contribution in [0.2, 0.25) is 0 Å². The highest BCUT2D eigenvalue weighted by Gasteiger charge is 2.26. The van der Waals surface area contributed by atoms with Crippen molar-refractivity contribution in [1.29, 1.82) is 0 Å². The Hall–Kier alpha value is -1.22. The second-order valence-corrected chi connectivity index (χ2v) is 5.84. The van der Waals surface area contributed by atoms with Crippen molar-refractivity contribution in [3.63, 3.8) is 0 Å². The van der Waals surface area contributed by atoms with Gasteiger partial charge in [0.2, 0.25) is 0 Å². The Bertz CT molecular complexity index is 447. The molecule has 4 heteroatoms. The number of alkyl halides is 1. The molecule has 1 aliphatic rings. The van der Waals surface area contributed by atoms with Gasteiger partial charge in [-0.05, 0) is 49.9 Å². The normalized spacial score (nSPS) is 18.6. The first-order valence-electron chi connectivity index (χ1n) is 7.86. The topological polar surface area (TPSA) is 29.5 Å². The summed E-state index contributed by atoms with van der Waals surface area (Å²) in [4.78, 5) is 14.5. The van der Waals surface area contributed by atoms with Gasteiger partial charge in [0.05, 0.1) is 6.61 Å². The van der Waals surface area contributed by atoms with E-state index in [1.165, 1.54) is 0 Å². The molecule has 1 saturated heterocycles. The SMILES string of the molecule is CCCCOc1ccc(C(=O)N2CCCCC2CCl)cc1. The van der Waals surface area contributed by atoms with Crippen molar-refractivity contribution in [1.82, 2.24) is 4.90 Å². The Balaban J connectivity index is 1.98. The van der Waals surface area contributed by atoms with Gasteiger partial charge in [0.25, 0.3) is 5.91 Å². The van der Waals surface area contributed by atoms with E-state index < -0.39 is 0 Å². The lowest BCUT2D eigenvalue weighted by molar-refractivity contribution is 0.0639. The quantitative estimate of drug-likeness (QED) is 0.585. The molecule has 21 heavy (non-hydrogen) atoms. The van der Waals surface area contributed by atoms with Gasteiger partial charge in [-0.2, -0.15) is 0 Å². The van der Waals surface area contributed by atoms with Crippen molar-refractivity contribution in [2.24, 2.45) is 0 Å². The molecule has 0 aromatic heterocycles. The minimum absolute atomic E-state index is 0.0838. The molecule has 1 aromatic carbocycles. The first kappa shape index (κ1) is 16.2. The molecule has 1 fully saturated rings. The lowest BCUT2D eigenvalue weighted by atomic mass is 10.0. The number of hydrogen-bond donors (Lipinski definition) is 0. The van der Waals surface area contributed by atoms with Crippen LogP contribution in [0.25, 0.3) is 0 Å². The van der Waals surface area contributed by atoms with E-state index in [1.54, 1.807) is 0 Å². The molecule has 0 aliphatic carbocycles. The molecule has 116 valence electrons. The Kier molecular flexibility index (Phi) is 6.37. The van der Waals surface area contributed by atoms with Crippen molar-refractivity contribution >= 4 is 17.5 Å². The van der Waals surface area contributed by atoms with E-state index in [0.717, 1.165) is 56.6 Å². The van der Waals surface area contributed by atoms with Crippen LogP contribution in [0.1, 0.15) is 49.4 Å². The molecule has 2 rings (SSSR count). The second kappa shape index (κ2) is 8.28. The number of nitrogens with zero attached hydrogens (tertiary/aromatic N) is 1. The summed E-state index contributed by atoms with van der Waals surface area (Å²) in [5.41, 5.74) is 0.717. The average Bonchev–Trinajstić information content (AvgIpc) is 2.55. The van der Waals surface area contributed by atoms with E-state index in [-0.39, 0.29) is 11.9 Å². The van der Waals surface area contributed by atoms with Crippen LogP contribution in [0.3, 0.4) is 0 Å². The van der Waals surface area contributed by atoms with Crippen molar-refractivity contribution in [2.75, 3.05) is 19.0 Å². The van der Waals surface area contributed by atoms with E-state index >= 15 is 0 Å². The number of carbonyl (C=O) groups is 1. The molecule has 1 aliphatic heterocycles. The van der Waals surface area contributed by atoms with Crippen LogP contribution in [0.15, 0.2) is 24.3 Å². The van der Waals surface area contributed by atoms with E-state index in [0.29, 0.717) is 5.88 Å². The standard InChI is InChI=1S/C17H24ClNO2/c1-2-3-12-21-16-9-7-14(8-10-16)17(20)19-11-5-4-6-15(19)13-18/h7-10,15H,2-6,11-13H2,1H3. The summed E-state index contributed by atoms with van der Waals surface area (Å²) in [6.07, 6.45) is 5.40. The summed E-state index contributed by atoms with van der Waals surface area (Å²) in [5.74, 6) is 1.43. The number of likely N-dealkylation sites (tertiary alicyclic amines) is 1. The molecule has 0 saturated carbocycles. The van der Waals surface area contributed by atoms with Crippen LogP contribution in [0.4, 0.5) is 0 Å². The van der Waals surface area contributed by atoms with Gasteiger partial charge in [-0.3, -0.25) is 4.79 Å². The van der Waals surface area contributed by atoms with E-state index in [9.17, 15) is 4.79 Å². The molecular formula is C17H24ClNO2. The number of ether oxygens (including phenoxy) is 1. The first-order valence-corrected chi connectivity index (χ1v) is 8.39. The predicted octanol–water partition coefficient (Wildman–Crippen LogP) is 4.10. The molecule has 0 spiro atoms. The van der Waals surface area contributed by atoms with Gasteiger partial charge in [-0.1, -0.05) is 13.3 Å². The molecule has 1 aromatic rings. The molecule has 1 unspecified atom stereocenters. The highest BCUT2D eigenvalue weighted by Crippen LogP contribution is 2.21. The molecule has 0 radical (unpaired) electrons. The van der Waals surface area contributed by atoms with Crippen molar-refractivity contribution in [2.45, 2.75) is 45.1 Å². The maximum absolute atomic E-state index is 12.6. The van der Waals surface area contributed by atoms with E-state index in [2.05, 4.69) is 6.92 Å². The number of benzene rings is 1. The number of hydrogen-bond acceptors (Lipinski definition) is 2. The zero-order chi connectivity index (χ0) is 15.1. The zero-order valence-corrected chi connectivity index (χ0v) is 13.4. The third-order valence-corrected chi connectivity index (χ3v) is 4.29. The molecule has 0 N–H and O–H groups in total. The lowest BCUT2D eigenvalue weighted by Crippen LogP contribution is -2.44. The average molecular weight is 310 g/mol. The summed E-state index contributed by atoms with van der Waals surface area (Å²) >= 11 is 5.99. The summed E-state index contributed by atoms with van der Waals surface area (Å²) in [7, 11) is 0. The predicted molar refractivity (Wildman–Crippen MR) is 86.2 cm³/mol. The summed E-state index contributed by atoms with van der Waals surface area (Å²) in [5, 5.41) is 0. The minimum Gasteiger partial charge on any atom is -0.494 e. The number of rotatable bonds is 6. The fraction of sp³-hybridized carbons (Fsp3) is 0.588. The zero-order valence-electron chi connectivity index (χ0n) is 12.7. The molecule has 1 atom stereocenters. The van der Waals surface area contributed by atoms with Crippen molar-refractivity contribution < 1.29 is 9.53 Å². The Labute approximate surface area is 132 Å². The summed E-state index contributed by atoms with van der Waals surface area (Å²) in [6.45, 7) is 3.67. The van der Waals surface area contributed by atoms with E-state index in [4.69, 9.17) is 16.3 Å². The number of halogens is 1. The molecule has 1 amide bonds. The smallest absolute Gasteiger partial charge is 0.254 e. The van der Waals surface area contributed by atoms with Crippen molar-refractivity contribution in [3.05, 3.63) is 29.8 Å². The largest absolute Gasteiger partial charge is 0.494 e. The van der Waals surface area contributed by atoms with Crippen LogP contribution < -0.4 is 4.74 Å². The lowest BCUT2D eigenvalue weighted by Gasteiger charge is -2.34. The summed E-state index contributed by atoms with van der Waals surface area (Å²) < 4.78 is 5.62. The van der Waals surface area contributed by atoms with Crippen LogP contribution in [-0.4, -0.2) is 35.9 Å². The Morgan fingerprint density at radius 1 is 1.33 bits per heavy atom. The third-order valence-electron chi connectivity index (χ3n) is 3.93. The van der Waals surface area contributed by atoms with Crippen molar-refractivity contribution in [3.8, 4) is 5.75 Å². The van der Waals surface area contributed by atoms with Crippen LogP contribution in [-0.2, 0) is 0 Å². The van der Waals surface area contributed by atoms with Crippen LogP contribution in [0, 0.1) is 0 Å². The fourth-order valence-electron chi connectivity index (χ4n) is 2.62. The maximum Gasteiger partial charge on any atom is 0.254 e. The Morgan fingerprint density at radius 3 is 2.76 bits per heavy atom. The monoisotopic (exact) mass is 309 g/mol. The second-order valence-electron chi connectivity index (χ2n) is 5.53. The number of unbranched alkanes of at least 4 members (excludes halogenated alkanes) is 1.